The molecule has 0 unspecified atom stereocenters. The number of para-hydroxylation sites is 2. The van der Waals surface area contributed by atoms with Gasteiger partial charge in [-0.25, -0.2) is 4.68 Å². The first-order valence-electron chi connectivity index (χ1n) is 8.96. The Bertz CT molecular complexity index is 1090. The summed E-state index contributed by atoms with van der Waals surface area (Å²) in [7, 11) is 1.62. The fraction of sp³-hybridized carbons (Fsp3) is 0.0952. The third-order valence-corrected chi connectivity index (χ3v) is 5.09. The van der Waals surface area contributed by atoms with E-state index in [4.69, 9.17) is 4.74 Å². The fourth-order valence-corrected chi connectivity index (χ4v) is 3.60. The van der Waals surface area contributed by atoms with Crippen molar-refractivity contribution in [1.29, 1.82) is 0 Å². The first-order valence-corrected chi connectivity index (χ1v) is 9.95. The highest BCUT2D eigenvalue weighted by molar-refractivity contribution is 7.99. The second-order valence-corrected chi connectivity index (χ2v) is 7.03. The molecule has 2 aromatic heterocycles. The van der Waals surface area contributed by atoms with Crippen molar-refractivity contribution in [3.8, 4) is 17.1 Å². The number of carbonyl (C=O) groups is 1. The summed E-state index contributed by atoms with van der Waals surface area (Å²) in [4.78, 5) is 12.3. The number of rotatable bonds is 7. The van der Waals surface area contributed by atoms with Crippen LogP contribution in [-0.2, 0) is 4.79 Å². The molecule has 0 aliphatic heterocycles. The van der Waals surface area contributed by atoms with Gasteiger partial charge in [0.25, 0.3) is 0 Å². The largest absolute Gasteiger partial charge is 0.496 e. The van der Waals surface area contributed by atoms with E-state index in [0.29, 0.717) is 16.7 Å². The Morgan fingerprint density at radius 2 is 1.72 bits per heavy atom. The summed E-state index contributed by atoms with van der Waals surface area (Å²) >= 11 is 1.32. The van der Waals surface area contributed by atoms with Gasteiger partial charge in [-0.3, -0.25) is 9.47 Å². The first-order chi connectivity index (χ1) is 14.3. The average molecular weight is 405 g/mol. The van der Waals surface area contributed by atoms with Crippen molar-refractivity contribution in [3.05, 3.63) is 79.1 Å². The minimum atomic E-state index is -0.109. The maximum Gasteiger partial charge on any atom is 0.234 e. The Labute approximate surface area is 172 Å². The molecule has 0 bridgehead atoms. The van der Waals surface area contributed by atoms with E-state index in [1.54, 1.807) is 7.11 Å². The zero-order chi connectivity index (χ0) is 20.1. The number of amides is 1. The number of hydrogen-bond donors (Lipinski definition) is 1. The number of nitrogens with zero attached hydrogens (tertiary/aromatic N) is 4. The quantitative estimate of drug-likeness (QED) is 0.474. The zero-order valence-corrected chi connectivity index (χ0v) is 16.5. The topological polar surface area (TPSA) is 74.0 Å². The highest BCUT2D eigenvalue weighted by Gasteiger charge is 2.19. The number of hydrogen-bond acceptors (Lipinski definition) is 5. The third-order valence-electron chi connectivity index (χ3n) is 4.17. The second-order valence-electron chi connectivity index (χ2n) is 6.08. The summed E-state index contributed by atoms with van der Waals surface area (Å²) in [6.07, 6.45) is 3.80. The number of methoxy groups -OCH3 is 1. The molecule has 1 N–H and O–H groups in total. The highest BCUT2D eigenvalue weighted by atomic mass is 32.2. The van der Waals surface area contributed by atoms with Gasteiger partial charge in [-0.05, 0) is 36.4 Å². The predicted octanol–water partition coefficient (Wildman–Crippen LogP) is 3.80. The predicted molar refractivity (Wildman–Crippen MR) is 113 cm³/mol. The molecule has 4 aromatic rings. The Balaban J connectivity index is 1.61. The summed E-state index contributed by atoms with van der Waals surface area (Å²) in [5, 5.41) is 12.2. The number of aromatic nitrogens is 4. The summed E-state index contributed by atoms with van der Waals surface area (Å²) in [6.45, 7) is 0. The van der Waals surface area contributed by atoms with Gasteiger partial charge < -0.3 is 10.1 Å². The smallest absolute Gasteiger partial charge is 0.234 e. The van der Waals surface area contributed by atoms with E-state index in [2.05, 4.69) is 15.5 Å². The lowest BCUT2D eigenvalue weighted by Crippen LogP contribution is -2.15. The lowest BCUT2D eigenvalue weighted by Gasteiger charge is -2.13. The van der Waals surface area contributed by atoms with Crippen LogP contribution >= 0.6 is 11.8 Å². The zero-order valence-electron chi connectivity index (χ0n) is 15.7. The number of carbonyl (C=O) groups excluding carboxylic acids is 1. The van der Waals surface area contributed by atoms with Crippen molar-refractivity contribution in [1.82, 2.24) is 19.5 Å². The molecule has 0 aliphatic carbocycles. The molecule has 0 saturated heterocycles. The fourth-order valence-electron chi connectivity index (χ4n) is 2.87. The Kier molecular flexibility index (Phi) is 5.62. The Morgan fingerprint density at radius 3 is 2.48 bits per heavy atom. The molecule has 7 nitrogen and oxygen atoms in total. The van der Waals surface area contributed by atoms with Crippen LogP contribution < -0.4 is 10.1 Å². The van der Waals surface area contributed by atoms with Gasteiger partial charge in [0.1, 0.15) is 5.75 Å². The van der Waals surface area contributed by atoms with Crippen molar-refractivity contribution in [2.45, 2.75) is 5.16 Å². The van der Waals surface area contributed by atoms with E-state index < -0.39 is 0 Å². The maximum atomic E-state index is 12.3. The van der Waals surface area contributed by atoms with Crippen molar-refractivity contribution >= 4 is 23.4 Å². The first kappa shape index (κ1) is 18.8. The lowest BCUT2D eigenvalue weighted by molar-refractivity contribution is -0.113. The molecular formula is C21H19N5O2S. The van der Waals surface area contributed by atoms with E-state index in [0.717, 1.165) is 11.3 Å². The third kappa shape index (κ3) is 4.17. The number of ether oxygens (including phenoxy) is 1. The Hall–Kier alpha value is -3.52. The van der Waals surface area contributed by atoms with Gasteiger partial charge in [0, 0.05) is 18.1 Å². The number of benzene rings is 2. The molecule has 4 rings (SSSR count). The van der Waals surface area contributed by atoms with Crippen LogP contribution in [0, 0.1) is 0 Å². The van der Waals surface area contributed by atoms with Crippen LogP contribution in [0.5, 0.6) is 5.75 Å². The monoisotopic (exact) mass is 405 g/mol. The van der Waals surface area contributed by atoms with E-state index in [1.807, 2.05) is 88.5 Å². The van der Waals surface area contributed by atoms with E-state index in [-0.39, 0.29) is 11.7 Å². The second kappa shape index (κ2) is 8.66. The molecule has 8 heteroatoms. The van der Waals surface area contributed by atoms with Gasteiger partial charge in [0.15, 0.2) is 5.82 Å². The molecule has 146 valence electrons. The standard InChI is InChI=1S/C21H19N5O2S/c1-28-18-12-6-5-11-17(18)20-23-24-21(26(20)25-13-7-8-14-25)29-15-19(27)22-16-9-3-2-4-10-16/h2-14H,15H2,1H3,(H,22,27). The molecule has 0 atom stereocenters. The van der Waals surface area contributed by atoms with Gasteiger partial charge in [0.05, 0.1) is 18.4 Å². The molecule has 2 heterocycles. The van der Waals surface area contributed by atoms with Gasteiger partial charge in [0.2, 0.25) is 11.1 Å². The van der Waals surface area contributed by atoms with Gasteiger partial charge in [-0.2, -0.15) is 0 Å². The minimum absolute atomic E-state index is 0.109. The van der Waals surface area contributed by atoms with Crippen LogP contribution in [0.15, 0.2) is 84.3 Å². The van der Waals surface area contributed by atoms with E-state index in [1.165, 1.54) is 11.8 Å². The van der Waals surface area contributed by atoms with Crippen molar-refractivity contribution in [3.63, 3.8) is 0 Å². The summed E-state index contributed by atoms with van der Waals surface area (Å²) < 4.78 is 9.22. The van der Waals surface area contributed by atoms with E-state index in [9.17, 15) is 4.79 Å². The van der Waals surface area contributed by atoms with Gasteiger partial charge in [-0.1, -0.05) is 42.1 Å². The van der Waals surface area contributed by atoms with Crippen LogP contribution in [0.1, 0.15) is 0 Å². The van der Waals surface area contributed by atoms with Gasteiger partial charge in [-0.15, -0.1) is 10.2 Å². The van der Waals surface area contributed by atoms with Gasteiger partial charge >= 0.3 is 0 Å². The molecule has 29 heavy (non-hydrogen) atoms. The molecule has 2 aromatic carbocycles. The van der Waals surface area contributed by atoms with Crippen LogP contribution in [0.25, 0.3) is 11.4 Å². The summed E-state index contributed by atoms with van der Waals surface area (Å²) in [5.74, 6) is 1.43. The van der Waals surface area contributed by atoms with Crippen LogP contribution in [-0.4, -0.2) is 38.3 Å². The normalized spacial score (nSPS) is 10.7. The summed E-state index contributed by atoms with van der Waals surface area (Å²) in [5.41, 5.74) is 1.58. The maximum absolute atomic E-state index is 12.3. The van der Waals surface area contributed by atoms with Crippen LogP contribution in [0.2, 0.25) is 0 Å². The van der Waals surface area contributed by atoms with Crippen molar-refractivity contribution in [2.75, 3.05) is 18.2 Å². The van der Waals surface area contributed by atoms with Crippen molar-refractivity contribution < 1.29 is 9.53 Å². The van der Waals surface area contributed by atoms with Crippen LogP contribution in [0.3, 0.4) is 0 Å². The molecule has 0 radical (unpaired) electrons. The number of thioether (sulfide) groups is 1. The number of anilines is 1. The van der Waals surface area contributed by atoms with Crippen molar-refractivity contribution in [2.24, 2.45) is 0 Å². The molecule has 0 aliphatic rings. The van der Waals surface area contributed by atoms with Crippen LogP contribution in [0.4, 0.5) is 5.69 Å². The summed E-state index contributed by atoms with van der Waals surface area (Å²) in [6, 6.07) is 20.8. The minimum Gasteiger partial charge on any atom is -0.496 e. The Morgan fingerprint density at radius 1 is 1.00 bits per heavy atom. The molecular weight excluding hydrogens is 386 g/mol. The molecule has 1 amide bonds. The number of nitrogens with one attached hydrogen (secondary N) is 1. The molecule has 0 saturated carbocycles. The molecule has 0 fully saturated rings. The highest BCUT2D eigenvalue weighted by Crippen LogP contribution is 2.31. The SMILES string of the molecule is COc1ccccc1-c1nnc(SCC(=O)Nc2ccccc2)n1-n1cccc1. The molecule has 0 spiro atoms. The van der Waals surface area contributed by atoms with E-state index >= 15 is 0 Å². The lowest BCUT2D eigenvalue weighted by atomic mass is 10.2. The average Bonchev–Trinajstić information content (AvgIpc) is 3.42.